The molecule has 0 radical (unpaired) electrons. The Morgan fingerprint density at radius 1 is 1.20 bits per heavy atom. The summed E-state index contributed by atoms with van der Waals surface area (Å²) in [6.45, 7) is 2.11. The SMILES string of the molecule is CN(CC1COCCO1)C(=O)c1ccc(-n2cc(NC(=O)c3ccoc3)cn2)cc1. The first-order chi connectivity index (χ1) is 14.6. The quantitative estimate of drug-likeness (QED) is 0.669. The Hall–Kier alpha value is -3.43. The molecule has 3 aromatic rings. The van der Waals surface area contributed by atoms with Gasteiger partial charge in [0, 0.05) is 19.2 Å². The van der Waals surface area contributed by atoms with E-state index >= 15 is 0 Å². The molecular weight excluding hydrogens is 388 g/mol. The summed E-state index contributed by atoms with van der Waals surface area (Å²) in [5, 5.41) is 7.01. The fraction of sp³-hybridized carbons (Fsp3) is 0.286. The average Bonchev–Trinajstić information content (AvgIpc) is 3.46. The second kappa shape index (κ2) is 8.93. The zero-order valence-corrected chi connectivity index (χ0v) is 16.5. The molecule has 30 heavy (non-hydrogen) atoms. The van der Waals surface area contributed by atoms with Crippen molar-refractivity contribution in [1.82, 2.24) is 14.7 Å². The fourth-order valence-electron chi connectivity index (χ4n) is 3.13. The van der Waals surface area contributed by atoms with Crippen LogP contribution in [0.2, 0.25) is 0 Å². The van der Waals surface area contributed by atoms with Crippen molar-refractivity contribution in [3.63, 3.8) is 0 Å². The van der Waals surface area contributed by atoms with Crippen LogP contribution in [0.3, 0.4) is 0 Å². The summed E-state index contributed by atoms with van der Waals surface area (Å²) < 4.78 is 17.5. The molecule has 1 saturated heterocycles. The Morgan fingerprint density at radius 3 is 2.73 bits per heavy atom. The van der Waals surface area contributed by atoms with Crippen LogP contribution in [-0.4, -0.2) is 66.0 Å². The predicted octanol–water partition coefficient (Wildman–Crippen LogP) is 2.21. The molecule has 1 unspecified atom stereocenters. The molecule has 2 amide bonds. The summed E-state index contributed by atoms with van der Waals surface area (Å²) in [6, 6.07) is 8.68. The van der Waals surface area contributed by atoms with Gasteiger partial charge in [0.15, 0.2) is 0 Å². The summed E-state index contributed by atoms with van der Waals surface area (Å²) in [5.41, 5.74) is 2.32. The normalized spacial score (nSPS) is 16.2. The number of benzene rings is 1. The van der Waals surface area contributed by atoms with Crippen molar-refractivity contribution in [2.75, 3.05) is 38.7 Å². The number of carbonyl (C=O) groups is 2. The minimum atomic E-state index is -0.278. The van der Waals surface area contributed by atoms with Crippen LogP contribution in [-0.2, 0) is 9.47 Å². The molecule has 9 heteroatoms. The van der Waals surface area contributed by atoms with Gasteiger partial charge in [0.05, 0.1) is 61.5 Å². The van der Waals surface area contributed by atoms with Crippen molar-refractivity contribution in [3.05, 3.63) is 66.4 Å². The van der Waals surface area contributed by atoms with E-state index in [1.165, 1.54) is 12.5 Å². The van der Waals surface area contributed by atoms with E-state index in [0.717, 1.165) is 5.69 Å². The van der Waals surface area contributed by atoms with Crippen molar-refractivity contribution >= 4 is 17.5 Å². The van der Waals surface area contributed by atoms with E-state index < -0.39 is 0 Å². The third-order valence-electron chi connectivity index (χ3n) is 4.71. The first-order valence-corrected chi connectivity index (χ1v) is 9.53. The van der Waals surface area contributed by atoms with Gasteiger partial charge in [-0.2, -0.15) is 5.10 Å². The molecule has 0 saturated carbocycles. The van der Waals surface area contributed by atoms with Crippen molar-refractivity contribution in [2.24, 2.45) is 0 Å². The maximum atomic E-state index is 12.7. The number of hydrogen-bond donors (Lipinski definition) is 1. The standard InChI is InChI=1S/C21H22N4O5/c1-24(12-19-14-29-8-9-30-19)21(27)15-2-4-18(5-3-15)25-11-17(10-22-25)23-20(26)16-6-7-28-13-16/h2-7,10-11,13,19H,8-9,12,14H2,1H3,(H,23,26). The van der Waals surface area contributed by atoms with Crippen molar-refractivity contribution in [3.8, 4) is 5.69 Å². The Morgan fingerprint density at radius 2 is 2.03 bits per heavy atom. The largest absolute Gasteiger partial charge is 0.472 e. The molecule has 1 atom stereocenters. The summed E-state index contributed by atoms with van der Waals surface area (Å²) in [5.74, 6) is -0.371. The fourth-order valence-corrected chi connectivity index (χ4v) is 3.13. The molecule has 0 spiro atoms. The van der Waals surface area contributed by atoms with Crippen molar-refractivity contribution in [2.45, 2.75) is 6.10 Å². The van der Waals surface area contributed by atoms with Gasteiger partial charge in [-0.25, -0.2) is 4.68 Å². The lowest BCUT2D eigenvalue weighted by atomic mass is 10.1. The Bertz CT molecular complexity index is 991. The van der Waals surface area contributed by atoms with E-state index in [1.54, 1.807) is 59.4 Å². The van der Waals surface area contributed by atoms with Gasteiger partial charge in [0.2, 0.25) is 0 Å². The minimum absolute atomic E-state index is 0.0933. The highest BCUT2D eigenvalue weighted by Gasteiger charge is 2.20. The molecule has 156 valence electrons. The van der Waals surface area contributed by atoms with Crippen molar-refractivity contribution in [1.29, 1.82) is 0 Å². The number of hydrogen-bond acceptors (Lipinski definition) is 6. The molecule has 0 bridgehead atoms. The molecule has 1 N–H and O–H groups in total. The third kappa shape index (κ3) is 4.58. The second-order valence-corrected chi connectivity index (χ2v) is 6.94. The van der Waals surface area contributed by atoms with Crippen LogP contribution in [0.1, 0.15) is 20.7 Å². The monoisotopic (exact) mass is 410 g/mol. The van der Waals surface area contributed by atoms with E-state index in [4.69, 9.17) is 13.9 Å². The van der Waals surface area contributed by atoms with E-state index in [2.05, 4.69) is 10.4 Å². The Labute approximate surface area is 173 Å². The van der Waals surface area contributed by atoms with Crippen LogP contribution >= 0.6 is 0 Å². The first-order valence-electron chi connectivity index (χ1n) is 9.53. The zero-order valence-electron chi connectivity index (χ0n) is 16.5. The molecule has 1 fully saturated rings. The lowest BCUT2D eigenvalue weighted by Gasteiger charge is -2.27. The maximum absolute atomic E-state index is 12.7. The highest BCUT2D eigenvalue weighted by Crippen LogP contribution is 2.15. The van der Waals surface area contributed by atoms with Gasteiger partial charge >= 0.3 is 0 Å². The third-order valence-corrected chi connectivity index (χ3v) is 4.71. The van der Waals surface area contributed by atoms with E-state index in [0.29, 0.717) is 43.2 Å². The van der Waals surface area contributed by atoms with Crippen LogP contribution in [0, 0.1) is 0 Å². The Kier molecular flexibility index (Phi) is 5.92. The number of amides is 2. The van der Waals surface area contributed by atoms with Crippen molar-refractivity contribution < 1.29 is 23.5 Å². The topological polar surface area (TPSA) is 98.8 Å². The number of nitrogens with one attached hydrogen (secondary N) is 1. The molecular formula is C21H22N4O5. The van der Waals surface area contributed by atoms with Crippen LogP contribution in [0.25, 0.3) is 5.69 Å². The van der Waals surface area contributed by atoms with Gasteiger partial charge in [-0.15, -0.1) is 0 Å². The average molecular weight is 410 g/mol. The highest BCUT2D eigenvalue weighted by molar-refractivity contribution is 6.03. The second-order valence-electron chi connectivity index (χ2n) is 6.94. The molecule has 0 aliphatic carbocycles. The van der Waals surface area contributed by atoms with E-state index in [-0.39, 0.29) is 17.9 Å². The molecule has 1 aliphatic heterocycles. The van der Waals surface area contributed by atoms with Crippen LogP contribution in [0.15, 0.2) is 59.7 Å². The lowest BCUT2D eigenvalue weighted by molar-refractivity contribution is -0.0933. The number of ether oxygens (including phenoxy) is 2. The first kappa shape index (κ1) is 19.9. The number of anilines is 1. The zero-order chi connectivity index (χ0) is 20.9. The molecule has 1 aliphatic rings. The number of carbonyl (C=O) groups excluding carboxylic acids is 2. The molecule has 2 aromatic heterocycles. The van der Waals surface area contributed by atoms with Gasteiger partial charge in [-0.3, -0.25) is 9.59 Å². The minimum Gasteiger partial charge on any atom is -0.472 e. The number of rotatable bonds is 6. The summed E-state index contributed by atoms with van der Waals surface area (Å²) in [4.78, 5) is 26.4. The van der Waals surface area contributed by atoms with E-state index in [1.807, 2.05) is 0 Å². The van der Waals surface area contributed by atoms with Crippen LogP contribution in [0.5, 0.6) is 0 Å². The molecule has 4 rings (SSSR count). The molecule has 9 nitrogen and oxygen atoms in total. The smallest absolute Gasteiger partial charge is 0.259 e. The number of likely N-dealkylation sites (N-methyl/N-ethyl adjacent to an activating group) is 1. The molecule has 1 aromatic carbocycles. The lowest BCUT2D eigenvalue weighted by Crippen LogP contribution is -2.40. The van der Waals surface area contributed by atoms with E-state index in [9.17, 15) is 9.59 Å². The van der Waals surface area contributed by atoms with Gasteiger partial charge in [0.1, 0.15) is 6.26 Å². The van der Waals surface area contributed by atoms with Crippen LogP contribution in [0.4, 0.5) is 5.69 Å². The van der Waals surface area contributed by atoms with Gasteiger partial charge in [-0.1, -0.05) is 0 Å². The number of aromatic nitrogens is 2. The number of furan rings is 1. The summed E-state index contributed by atoms with van der Waals surface area (Å²) in [7, 11) is 1.75. The highest BCUT2D eigenvalue weighted by atomic mass is 16.6. The van der Waals surface area contributed by atoms with Crippen LogP contribution < -0.4 is 5.32 Å². The maximum Gasteiger partial charge on any atom is 0.259 e. The van der Waals surface area contributed by atoms with Gasteiger partial charge in [-0.05, 0) is 30.3 Å². The van der Waals surface area contributed by atoms with Gasteiger partial charge in [0.25, 0.3) is 11.8 Å². The molecule has 3 heterocycles. The summed E-state index contributed by atoms with van der Waals surface area (Å²) >= 11 is 0. The van der Waals surface area contributed by atoms with Gasteiger partial charge < -0.3 is 24.1 Å². The summed E-state index contributed by atoms with van der Waals surface area (Å²) in [6.07, 6.45) is 5.96. The number of nitrogens with zero attached hydrogens (tertiary/aromatic N) is 3. The Balaban J connectivity index is 1.38. The predicted molar refractivity (Wildman–Crippen MR) is 108 cm³/mol.